The first kappa shape index (κ1) is 16.1. The second kappa shape index (κ2) is 6.68. The molecule has 0 aliphatic carbocycles. The second-order valence-electron chi connectivity index (χ2n) is 5.87. The van der Waals surface area contributed by atoms with E-state index < -0.39 is 11.4 Å². The number of nitrogens with one attached hydrogen (secondary N) is 1. The normalized spacial score (nSPS) is 20.7. The molecule has 6 heteroatoms. The third kappa shape index (κ3) is 3.69. The first-order valence-corrected chi connectivity index (χ1v) is 7.34. The topological polar surface area (TPSA) is 78.9 Å². The smallest absolute Gasteiger partial charge is 0.317 e. The lowest BCUT2D eigenvalue weighted by molar-refractivity contribution is -0.146. The number of likely N-dealkylation sites (tertiary alicyclic amines) is 1. The van der Waals surface area contributed by atoms with Gasteiger partial charge in [-0.1, -0.05) is 12.1 Å². The summed E-state index contributed by atoms with van der Waals surface area (Å²) in [4.78, 5) is 24.8. The number of nitrogens with zero attached hydrogens (tertiary/aromatic N) is 1. The van der Waals surface area contributed by atoms with Crippen LogP contribution >= 0.6 is 0 Å². The van der Waals surface area contributed by atoms with Gasteiger partial charge in [-0.2, -0.15) is 0 Å². The van der Waals surface area contributed by atoms with Crippen LogP contribution in [0.15, 0.2) is 24.3 Å². The van der Waals surface area contributed by atoms with Crippen LogP contribution in [0.25, 0.3) is 0 Å². The van der Waals surface area contributed by atoms with Crippen LogP contribution in [0.1, 0.15) is 18.9 Å². The summed E-state index contributed by atoms with van der Waals surface area (Å²) in [7, 11) is 1.62. The Balaban J connectivity index is 1.80. The lowest BCUT2D eigenvalue weighted by Crippen LogP contribution is -2.41. The van der Waals surface area contributed by atoms with Gasteiger partial charge in [-0.05, 0) is 37.5 Å². The largest absolute Gasteiger partial charge is 0.497 e. The maximum absolute atomic E-state index is 12.1. The Kier molecular flexibility index (Phi) is 4.90. The zero-order valence-corrected chi connectivity index (χ0v) is 13.0. The minimum atomic E-state index is -0.848. The highest BCUT2D eigenvalue weighted by Gasteiger charge is 2.42. The van der Waals surface area contributed by atoms with E-state index in [0.717, 1.165) is 11.3 Å². The molecule has 1 unspecified atom stereocenters. The molecule has 1 aromatic carbocycles. The number of hydrogen-bond acceptors (Lipinski definition) is 3. The third-order valence-electron chi connectivity index (χ3n) is 4.10. The average molecular weight is 306 g/mol. The van der Waals surface area contributed by atoms with Gasteiger partial charge in [0.15, 0.2) is 0 Å². The molecular weight excluding hydrogens is 284 g/mol. The fourth-order valence-electron chi connectivity index (χ4n) is 2.56. The maximum atomic E-state index is 12.1. The molecule has 22 heavy (non-hydrogen) atoms. The lowest BCUT2D eigenvalue weighted by Gasteiger charge is -2.20. The molecule has 1 heterocycles. The lowest BCUT2D eigenvalue weighted by atomic mass is 9.90. The Labute approximate surface area is 130 Å². The Morgan fingerprint density at radius 3 is 2.86 bits per heavy atom. The number of benzene rings is 1. The molecule has 1 aromatic rings. The van der Waals surface area contributed by atoms with E-state index in [-0.39, 0.29) is 12.6 Å². The Morgan fingerprint density at radius 2 is 2.23 bits per heavy atom. The molecule has 0 spiro atoms. The van der Waals surface area contributed by atoms with Gasteiger partial charge in [-0.25, -0.2) is 4.79 Å². The second-order valence-corrected chi connectivity index (χ2v) is 5.87. The van der Waals surface area contributed by atoms with Gasteiger partial charge in [0.1, 0.15) is 5.75 Å². The highest BCUT2D eigenvalue weighted by molar-refractivity contribution is 5.79. The van der Waals surface area contributed by atoms with Crippen molar-refractivity contribution >= 4 is 12.0 Å². The Hall–Kier alpha value is -2.24. The van der Waals surface area contributed by atoms with Crippen molar-refractivity contribution in [1.29, 1.82) is 0 Å². The molecule has 6 nitrogen and oxygen atoms in total. The van der Waals surface area contributed by atoms with Crippen LogP contribution < -0.4 is 10.1 Å². The first-order valence-electron chi connectivity index (χ1n) is 7.34. The molecule has 1 atom stereocenters. The molecule has 1 aliphatic heterocycles. The molecule has 0 bridgehead atoms. The fraction of sp³-hybridized carbons (Fsp3) is 0.500. The molecule has 0 aromatic heterocycles. The molecule has 0 radical (unpaired) electrons. The maximum Gasteiger partial charge on any atom is 0.317 e. The number of carbonyl (C=O) groups excluding carboxylic acids is 1. The molecular formula is C16H22N2O4. The van der Waals surface area contributed by atoms with Crippen molar-refractivity contribution in [2.75, 3.05) is 26.7 Å². The number of amides is 2. The van der Waals surface area contributed by atoms with Crippen molar-refractivity contribution in [3.05, 3.63) is 29.8 Å². The van der Waals surface area contributed by atoms with Gasteiger partial charge >= 0.3 is 12.0 Å². The standard InChI is InChI=1S/C16H22N2O4/c1-16(14(19)20)7-9-18(11-16)15(21)17-8-6-12-4-3-5-13(10-12)22-2/h3-5,10H,6-9,11H2,1-2H3,(H,17,21)(H,19,20). The molecule has 2 rings (SSSR count). The summed E-state index contributed by atoms with van der Waals surface area (Å²) in [5.41, 5.74) is 0.251. The number of carboxylic acids is 1. The number of urea groups is 1. The molecule has 2 amide bonds. The predicted octanol–water partition coefficient (Wildman–Crippen LogP) is 1.74. The SMILES string of the molecule is COc1cccc(CCNC(=O)N2CCC(C)(C(=O)O)C2)c1. The summed E-state index contributed by atoms with van der Waals surface area (Å²) in [6.45, 7) is 2.92. The van der Waals surface area contributed by atoms with Crippen molar-refractivity contribution in [1.82, 2.24) is 10.2 Å². The van der Waals surface area contributed by atoms with Gasteiger partial charge in [-0.15, -0.1) is 0 Å². The summed E-state index contributed by atoms with van der Waals surface area (Å²) in [5, 5.41) is 12.0. The van der Waals surface area contributed by atoms with Gasteiger partial charge in [-0.3, -0.25) is 4.79 Å². The average Bonchev–Trinajstić information content (AvgIpc) is 2.91. The van der Waals surface area contributed by atoms with Crippen LogP contribution in [0.3, 0.4) is 0 Å². The van der Waals surface area contributed by atoms with Crippen molar-refractivity contribution in [2.24, 2.45) is 5.41 Å². The van der Waals surface area contributed by atoms with E-state index in [1.165, 1.54) is 0 Å². The number of hydrogen-bond donors (Lipinski definition) is 2. The van der Waals surface area contributed by atoms with Crippen LogP contribution in [0.2, 0.25) is 0 Å². The first-order chi connectivity index (χ1) is 10.4. The van der Waals surface area contributed by atoms with Gasteiger partial charge in [0, 0.05) is 19.6 Å². The van der Waals surface area contributed by atoms with E-state index in [4.69, 9.17) is 4.74 Å². The number of methoxy groups -OCH3 is 1. The van der Waals surface area contributed by atoms with Gasteiger partial charge in [0.25, 0.3) is 0 Å². The molecule has 1 saturated heterocycles. The molecule has 1 aliphatic rings. The van der Waals surface area contributed by atoms with Crippen molar-refractivity contribution in [3.8, 4) is 5.75 Å². The third-order valence-corrected chi connectivity index (χ3v) is 4.10. The number of carbonyl (C=O) groups is 2. The van der Waals surface area contributed by atoms with Gasteiger partial charge < -0.3 is 20.1 Å². The Morgan fingerprint density at radius 1 is 1.45 bits per heavy atom. The quantitative estimate of drug-likeness (QED) is 0.868. The monoisotopic (exact) mass is 306 g/mol. The van der Waals surface area contributed by atoms with Crippen LogP contribution in [0.5, 0.6) is 5.75 Å². The summed E-state index contributed by atoms with van der Waals surface area (Å²) >= 11 is 0. The van der Waals surface area contributed by atoms with E-state index in [1.54, 1.807) is 18.9 Å². The summed E-state index contributed by atoms with van der Waals surface area (Å²) in [6.07, 6.45) is 1.19. The molecule has 1 fully saturated rings. The van der Waals surface area contributed by atoms with E-state index in [2.05, 4.69) is 5.32 Å². The highest BCUT2D eigenvalue weighted by Crippen LogP contribution is 2.29. The predicted molar refractivity (Wildman–Crippen MR) is 82.0 cm³/mol. The van der Waals surface area contributed by atoms with Crippen LogP contribution in [-0.2, 0) is 11.2 Å². The van der Waals surface area contributed by atoms with E-state index in [1.807, 2.05) is 24.3 Å². The molecule has 120 valence electrons. The van der Waals surface area contributed by atoms with E-state index in [0.29, 0.717) is 25.9 Å². The van der Waals surface area contributed by atoms with Crippen LogP contribution in [0, 0.1) is 5.41 Å². The minimum Gasteiger partial charge on any atom is -0.497 e. The van der Waals surface area contributed by atoms with Crippen LogP contribution in [-0.4, -0.2) is 48.8 Å². The summed E-state index contributed by atoms with van der Waals surface area (Å²) < 4.78 is 5.16. The summed E-state index contributed by atoms with van der Waals surface area (Å²) in [6, 6.07) is 7.50. The molecule has 2 N–H and O–H groups in total. The summed E-state index contributed by atoms with van der Waals surface area (Å²) in [5.74, 6) is -0.0558. The van der Waals surface area contributed by atoms with Crippen molar-refractivity contribution < 1.29 is 19.4 Å². The van der Waals surface area contributed by atoms with Crippen LogP contribution in [0.4, 0.5) is 4.79 Å². The number of rotatable bonds is 5. The number of carboxylic acid groups (broad SMARTS) is 1. The number of ether oxygens (including phenoxy) is 1. The van der Waals surface area contributed by atoms with Gasteiger partial charge in [0.05, 0.1) is 12.5 Å². The number of aliphatic carboxylic acids is 1. The Bertz CT molecular complexity index is 561. The zero-order chi connectivity index (χ0) is 16.2. The zero-order valence-electron chi connectivity index (χ0n) is 13.0. The fourth-order valence-corrected chi connectivity index (χ4v) is 2.56. The van der Waals surface area contributed by atoms with E-state index >= 15 is 0 Å². The van der Waals surface area contributed by atoms with Gasteiger partial charge in [0.2, 0.25) is 0 Å². The molecule has 0 saturated carbocycles. The van der Waals surface area contributed by atoms with Crippen molar-refractivity contribution in [3.63, 3.8) is 0 Å². The minimum absolute atomic E-state index is 0.201. The highest BCUT2D eigenvalue weighted by atomic mass is 16.5. The van der Waals surface area contributed by atoms with E-state index in [9.17, 15) is 14.7 Å². The van der Waals surface area contributed by atoms with Crippen molar-refractivity contribution in [2.45, 2.75) is 19.8 Å².